The molecule has 0 unspecified atom stereocenters. The van der Waals surface area contributed by atoms with Gasteiger partial charge < -0.3 is 14.6 Å². The van der Waals surface area contributed by atoms with E-state index >= 15 is 0 Å². The number of pyridine rings is 1. The van der Waals surface area contributed by atoms with Gasteiger partial charge in [-0.25, -0.2) is 4.98 Å². The second-order valence-corrected chi connectivity index (χ2v) is 5.21. The number of amides is 1. The van der Waals surface area contributed by atoms with Crippen molar-refractivity contribution in [3.05, 3.63) is 35.5 Å². The molecule has 0 bridgehead atoms. The number of aromatic nitrogens is 4. The van der Waals surface area contributed by atoms with Crippen LogP contribution in [0.5, 0.6) is 5.88 Å². The van der Waals surface area contributed by atoms with E-state index in [1.54, 1.807) is 0 Å². The van der Waals surface area contributed by atoms with Gasteiger partial charge in [-0.3, -0.25) is 4.79 Å². The zero-order chi connectivity index (χ0) is 16.4. The molecule has 1 saturated carbocycles. The fourth-order valence-electron chi connectivity index (χ4n) is 2.31. The van der Waals surface area contributed by atoms with Gasteiger partial charge in [0.1, 0.15) is 5.82 Å². The SMILES string of the molecule is Cc1nnc(CNC(=O)c2ccnc(OC(F)F)c2)n1C1CC1. The summed E-state index contributed by atoms with van der Waals surface area (Å²) < 4.78 is 30.5. The van der Waals surface area contributed by atoms with Crippen molar-refractivity contribution in [1.82, 2.24) is 25.1 Å². The number of halogens is 2. The first-order valence-electron chi connectivity index (χ1n) is 7.14. The van der Waals surface area contributed by atoms with E-state index in [1.807, 2.05) is 11.5 Å². The minimum Gasteiger partial charge on any atom is -0.417 e. The Morgan fingerprint density at radius 2 is 2.26 bits per heavy atom. The molecule has 2 aromatic heterocycles. The van der Waals surface area contributed by atoms with Gasteiger partial charge in [-0.05, 0) is 25.8 Å². The van der Waals surface area contributed by atoms with Crippen LogP contribution in [0.4, 0.5) is 8.78 Å². The van der Waals surface area contributed by atoms with Crippen LogP contribution in [-0.2, 0) is 6.54 Å². The Morgan fingerprint density at radius 1 is 1.48 bits per heavy atom. The molecule has 9 heteroatoms. The van der Waals surface area contributed by atoms with Crippen LogP contribution in [0, 0.1) is 6.92 Å². The van der Waals surface area contributed by atoms with Crippen molar-refractivity contribution in [3.8, 4) is 5.88 Å². The molecule has 0 radical (unpaired) electrons. The molecule has 1 aliphatic carbocycles. The average molecular weight is 323 g/mol. The smallest absolute Gasteiger partial charge is 0.388 e. The maximum Gasteiger partial charge on any atom is 0.388 e. The first kappa shape index (κ1) is 15.3. The van der Waals surface area contributed by atoms with Crippen LogP contribution in [-0.4, -0.2) is 32.3 Å². The van der Waals surface area contributed by atoms with Gasteiger partial charge >= 0.3 is 6.61 Å². The minimum atomic E-state index is -2.99. The molecule has 7 nitrogen and oxygen atoms in total. The first-order valence-corrected chi connectivity index (χ1v) is 7.14. The van der Waals surface area contributed by atoms with E-state index in [-0.39, 0.29) is 18.0 Å². The molecule has 1 aliphatic rings. The Morgan fingerprint density at radius 3 is 2.96 bits per heavy atom. The molecule has 1 amide bonds. The zero-order valence-corrected chi connectivity index (χ0v) is 12.4. The van der Waals surface area contributed by atoms with Crippen molar-refractivity contribution in [2.45, 2.75) is 39.0 Å². The molecule has 122 valence electrons. The predicted octanol–water partition coefficient (Wildman–Crippen LogP) is 1.85. The van der Waals surface area contributed by atoms with Gasteiger partial charge in [0.05, 0.1) is 6.54 Å². The van der Waals surface area contributed by atoms with Gasteiger partial charge in [-0.1, -0.05) is 0 Å². The topological polar surface area (TPSA) is 81.9 Å². The largest absolute Gasteiger partial charge is 0.417 e. The number of carbonyl (C=O) groups excluding carboxylic acids is 1. The standard InChI is InChI=1S/C14H15F2N5O2/c1-8-19-20-11(21(8)10-2-3-10)7-18-13(22)9-4-5-17-12(6-9)23-14(15)16/h4-6,10,14H,2-3,7H2,1H3,(H,18,22). The lowest BCUT2D eigenvalue weighted by Gasteiger charge is -2.09. The summed E-state index contributed by atoms with van der Waals surface area (Å²) >= 11 is 0. The molecule has 1 N–H and O–H groups in total. The van der Waals surface area contributed by atoms with E-state index in [9.17, 15) is 13.6 Å². The van der Waals surface area contributed by atoms with E-state index in [2.05, 4.69) is 25.2 Å². The molecule has 23 heavy (non-hydrogen) atoms. The number of alkyl halides is 2. The van der Waals surface area contributed by atoms with E-state index in [1.165, 1.54) is 18.3 Å². The maximum atomic E-state index is 12.2. The molecule has 0 spiro atoms. The Hall–Kier alpha value is -2.58. The summed E-state index contributed by atoms with van der Waals surface area (Å²) in [6, 6.07) is 2.99. The summed E-state index contributed by atoms with van der Waals surface area (Å²) in [6.45, 7) is -0.905. The van der Waals surface area contributed by atoms with E-state index in [0.717, 1.165) is 18.7 Å². The van der Waals surface area contributed by atoms with Crippen molar-refractivity contribution in [2.75, 3.05) is 0 Å². The highest BCUT2D eigenvalue weighted by Crippen LogP contribution is 2.36. The molecule has 2 heterocycles. The molecule has 0 aromatic carbocycles. The Kier molecular flexibility index (Phi) is 4.18. The number of hydrogen-bond donors (Lipinski definition) is 1. The third kappa shape index (κ3) is 3.61. The molecule has 0 aliphatic heterocycles. The van der Waals surface area contributed by atoms with Crippen molar-refractivity contribution in [2.24, 2.45) is 0 Å². The summed E-state index contributed by atoms with van der Waals surface area (Å²) in [5.74, 6) is 0.767. The summed E-state index contributed by atoms with van der Waals surface area (Å²) in [6.07, 6.45) is 3.40. The fraction of sp³-hybridized carbons (Fsp3) is 0.429. The van der Waals surface area contributed by atoms with Crippen LogP contribution in [0.2, 0.25) is 0 Å². The third-order valence-electron chi connectivity index (χ3n) is 3.46. The van der Waals surface area contributed by atoms with E-state index < -0.39 is 12.5 Å². The van der Waals surface area contributed by atoms with Gasteiger partial charge in [-0.2, -0.15) is 8.78 Å². The predicted molar refractivity (Wildman–Crippen MR) is 75.1 cm³/mol. The van der Waals surface area contributed by atoms with Crippen molar-refractivity contribution in [1.29, 1.82) is 0 Å². The molecule has 0 saturated heterocycles. The van der Waals surface area contributed by atoms with Crippen LogP contribution in [0.25, 0.3) is 0 Å². The zero-order valence-electron chi connectivity index (χ0n) is 12.4. The number of nitrogens with one attached hydrogen (secondary N) is 1. The fourth-order valence-corrected chi connectivity index (χ4v) is 2.31. The van der Waals surface area contributed by atoms with Crippen LogP contribution in [0.3, 0.4) is 0 Å². The lowest BCUT2D eigenvalue weighted by molar-refractivity contribution is -0.0529. The van der Waals surface area contributed by atoms with Crippen molar-refractivity contribution in [3.63, 3.8) is 0 Å². The number of ether oxygens (including phenoxy) is 1. The Labute approximate surface area is 130 Å². The maximum absolute atomic E-state index is 12.2. The second kappa shape index (κ2) is 6.27. The number of carbonyl (C=O) groups is 1. The van der Waals surface area contributed by atoms with Crippen LogP contribution in [0.1, 0.15) is 40.9 Å². The normalized spacial score (nSPS) is 14.1. The van der Waals surface area contributed by atoms with E-state index in [4.69, 9.17) is 0 Å². The monoisotopic (exact) mass is 323 g/mol. The minimum absolute atomic E-state index is 0.185. The summed E-state index contributed by atoms with van der Waals surface area (Å²) in [7, 11) is 0. The van der Waals surface area contributed by atoms with Gasteiger partial charge in [-0.15, -0.1) is 10.2 Å². The summed E-state index contributed by atoms with van der Waals surface area (Å²) in [5.41, 5.74) is 0.185. The molecular formula is C14H15F2N5O2. The molecule has 3 rings (SSSR count). The third-order valence-corrected chi connectivity index (χ3v) is 3.46. The van der Waals surface area contributed by atoms with Gasteiger partial charge in [0.25, 0.3) is 5.91 Å². The molecular weight excluding hydrogens is 308 g/mol. The molecule has 2 aromatic rings. The molecule has 1 fully saturated rings. The number of hydrogen-bond acceptors (Lipinski definition) is 5. The first-order chi connectivity index (χ1) is 11.0. The number of aryl methyl sites for hydroxylation is 1. The summed E-state index contributed by atoms with van der Waals surface area (Å²) in [4.78, 5) is 15.7. The highest BCUT2D eigenvalue weighted by molar-refractivity contribution is 5.94. The second-order valence-electron chi connectivity index (χ2n) is 5.21. The highest BCUT2D eigenvalue weighted by atomic mass is 19.3. The summed E-state index contributed by atoms with van der Waals surface area (Å²) in [5, 5.41) is 10.8. The molecule has 0 atom stereocenters. The van der Waals surface area contributed by atoms with Gasteiger partial charge in [0.15, 0.2) is 5.82 Å². The highest BCUT2D eigenvalue weighted by Gasteiger charge is 2.28. The Bertz CT molecular complexity index is 715. The van der Waals surface area contributed by atoms with Crippen molar-refractivity contribution < 1.29 is 18.3 Å². The van der Waals surface area contributed by atoms with Crippen molar-refractivity contribution >= 4 is 5.91 Å². The lowest BCUT2D eigenvalue weighted by atomic mass is 10.2. The van der Waals surface area contributed by atoms with Crippen LogP contribution >= 0.6 is 0 Å². The lowest BCUT2D eigenvalue weighted by Crippen LogP contribution is -2.25. The Balaban J connectivity index is 1.65. The quantitative estimate of drug-likeness (QED) is 0.877. The van der Waals surface area contributed by atoms with Gasteiger partial charge in [0.2, 0.25) is 5.88 Å². The van der Waals surface area contributed by atoms with E-state index in [0.29, 0.717) is 11.9 Å². The average Bonchev–Trinajstić information content (AvgIpc) is 3.28. The van der Waals surface area contributed by atoms with Crippen LogP contribution in [0.15, 0.2) is 18.3 Å². The number of rotatable bonds is 6. The van der Waals surface area contributed by atoms with Gasteiger partial charge in [0, 0.05) is 23.9 Å². The van der Waals surface area contributed by atoms with Crippen LogP contribution < -0.4 is 10.1 Å². The number of nitrogens with zero attached hydrogens (tertiary/aromatic N) is 4.